The molecule has 0 bridgehead atoms. The summed E-state index contributed by atoms with van der Waals surface area (Å²) in [6.45, 7) is 5.71. The first-order valence-electron chi connectivity index (χ1n) is 8.28. The number of amides is 1. The first-order chi connectivity index (χ1) is 11.8. The topological polar surface area (TPSA) is 133 Å². The van der Waals surface area contributed by atoms with E-state index in [9.17, 15) is 9.18 Å². The van der Waals surface area contributed by atoms with E-state index in [1.165, 1.54) is 6.08 Å². The van der Waals surface area contributed by atoms with Crippen LogP contribution in [0.15, 0.2) is 23.6 Å². The molecule has 1 unspecified atom stereocenters. The number of nitrogens with zero attached hydrogens (tertiary/aromatic N) is 2. The van der Waals surface area contributed by atoms with Crippen LogP contribution < -0.4 is 22.5 Å². The first kappa shape index (κ1) is 20.6. The average molecular weight is 350 g/mol. The van der Waals surface area contributed by atoms with Crippen LogP contribution in [0.2, 0.25) is 0 Å². The smallest absolute Gasteiger partial charge is 0.272 e. The molecule has 0 saturated carbocycles. The van der Waals surface area contributed by atoms with Gasteiger partial charge in [0.1, 0.15) is 11.5 Å². The van der Waals surface area contributed by atoms with Gasteiger partial charge in [0.05, 0.1) is 11.9 Å². The van der Waals surface area contributed by atoms with Crippen LogP contribution in [0, 0.1) is 0 Å². The van der Waals surface area contributed by atoms with Crippen molar-refractivity contribution in [3.05, 3.63) is 35.1 Å². The fourth-order valence-electron chi connectivity index (χ4n) is 2.00. The molecule has 138 valence electrons. The number of halogens is 1. The molecule has 0 fully saturated rings. The molecular formula is C17H27FN6O. The first-order valence-corrected chi connectivity index (χ1v) is 8.28. The summed E-state index contributed by atoms with van der Waals surface area (Å²) in [4.78, 5) is 20.6. The predicted molar refractivity (Wildman–Crippen MR) is 98.3 cm³/mol. The van der Waals surface area contributed by atoms with Gasteiger partial charge < -0.3 is 22.5 Å². The minimum atomic E-state index is -0.482. The second-order valence-corrected chi connectivity index (χ2v) is 5.79. The zero-order chi connectivity index (χ0) is 19.0. The minimum Gasteiger partial charge on any atom is -0.394 e. The number of anilines is 2. The second kappa shape index (κ2) is 9.73. The van der Waals surface area contributed by atoms with E-state index in [1.54, 1.807) is 19.9 Å². The molecule has 8 heteroatoms. The van der Waals surface area contributed by atoms with Crippen LogP contribution >= 0.6 is 0 Å². The lowest BCUT2D eigenvalue weighted by Crippen LogP contribution is -2.29. The zero-order valence-corrected chi connectivity index (χ0v) is 15.0. The van der Waals surface area contributed by atoms with E-state index >= 15 is 0 Å². The van der Waals surface area contributed by atoms with Gasteiger partial charge in [0.25, 0.3) is 5.91 Å². The summed E-state index contributed by atoms with van der Waals surface area (Å²) >= 11 is 0. The second-order valence-electron chi connectivity index (χ2n) is 5.79. The number of hydrogen-bond donors (Lipinski definition) is 4. The highest BCUT2D eigenvalue weighted by Crippen LogP contribution is 2.20. The lowest BCUT2D eigenvalue weighted by molar-refractivity contribution is 0.0952. The van der Waals surface area contributed by atoms with E-state index in [4.69, 9.17) is 17.2 Å². The number of aromatic nitrogens is 2. The van der Waals surface area contributed by atoms with Crippen molar-refractivity contribution in [3.8, 4) is 0 Å². The van der Waals surface area contributed by atoms with E-state index in [-0.39, 0.29) is 29.6 Å². The number of rotatable bonds is 8. The largest absolute Gasteiger partial charge is 0.394 e. The molecule has 7 N–H and O–H groups in total. The summed E-state index contributed by atoms with van der Waals surface area (Å²) < 4.78 is 13.1. The van der Waals surface area contributed by atoms with Gasteiger partial charge in [-0.25, -0.2) is 14.4 Å². The Balaban J connectivity index is 2.91. The SMILES string of the molecule is CCCC(N)c1nc(N)c(N)c(C(=O)NC/C(C)=C/C=C(/F)CC)n1. The standard InChI is InChI=1S/C17H27FN6O/c1-4-6-12(19)16-23-14(13(20)15(21)24-16)17(25)22-9-10(3)7-8-11(18)5-2/h7-8,12H,4-6,9,19-20H2,1-3H3,(H,22,25)(H2,21,23,24)/b10-7+,11-8+. The molecule has 1 atom stereocenters. The van der Waals surface area contributed by atoms with E-state index < -0.39 is 11.9 Å². The normalized spacial score (nSPS) is 13.6. The summed E-state index contributed by atoms with van der Waals surface area (Å²) in [7, 11) is 0. The third-order valence-corrected chi connectivity index (χ3v) is 3.55. The van der Waals surface area contributed by atoms with Crippen LogP contribution in [0.25, 0.3) is 0 Å². The number of nitrogens with one attached hydrogen (secondary N) is 1. The molecule has 1 rings (SSSR count). The Hall–Kier alpha value is -2.48. The van der Waals surface area contributed by atoms with Crippen LogP contribution in [0.4, 0.5) is 15.9 Å². The quantitative estimate of drug-likeness (QED) is 0.532. The summed E-state index contributed by atoms with van der Waals surface area (Å²) in [5.74, 6) is -0.391. The number of carbonyl (C=O) groups is 1. The van der Waals surface area contributed by atoms with Gasteiger partial charge in [-0.05, 0) is 25.8 Å². The van der Waals surface area contributed by atoms with Crippen molar-refractivity contribution in [1.82, 2.24) is 15.3 Å². The Morgan fingerprint density at radius 1 is 1.28 bits per heavy atom. The van der Waals surface area contributed by atoms with Crippen molar-refractivity contribution >= 4 is 17.4 Å². The lowest BCUT2D eigenvalue weighted by Gasteiger charge is -2.13. The van der Waals surface area contributed by atoms with Gasteiger partial charge in [-0.15, -0.1) is 0 Å². The number of carbonyl (C=O) groups excluding carboxylic acids is 1. The van der Waals surface area contributed by atoms with Gasteiger partial charge in [-0.2, -0.15) is 0 Å². The Morgan fingerprint density at radius 3 is 2.56 bits per heavy atom. The Bertz CT molecular complexity index is 671. The molecule has 1 aromatic rings. The molecule has 7 nitrogen and oxygen atoms in total. The molecule has 0 aliphatic rings. The highest BCUT2D eigenvalue weighted by atomic mass is 19.1. The Kier molecular flexibility index (Phi) is 8.00. The fourth-order valence-corrected chi connectivity index (χ4v) is 2.00. The van der Waals surface area contributed by atoms with Crippen LogP contribution in [-0.4, -0.2) is 22.4 Å². The Labute approximate surface area is 147 Å². The van der Waals surface area contributed by atoms with Gasteiger partial charge in [0.2, 0.25) is 0 Å². The molecule has 1 amide bonds. The van der Waals surface area contributed by atoms with Gasteiger partial charge in [0, 0.05) is 6.54 Å². The lowest BCUT2D eigenvalue weighted by atomic mass is 10.1. The van der Waals surface area contributed by atoms with Crippen LogP contribution in [0.3, 0.4) is 0 Å². The van der Waals surface area contributed by atoms with E-state index in [0.29, 0.717) is 18.7 Å². The molecular weight excluding hydrogens is 323 g/mol. The van der Waals surface area contributed by atoms with Gasteiger partial charge >= 0.3 is 0 Å². The zero-order valence-electron chi connectivity index (χ0n) is 15.0. The maximum atomic E-state index is 13.1. The van der Waals surface area contributed by atoms with Gasteiger partial charge in [-0.1, -0.05) is 31.9 Å². The number of nitrogen functional groups attached to an aromatic ring is 2. The Morgan fingerprint density at radius 2 is 1.96 bits per heavy atom. The summed E-state index contributed by atoms with van der Waals surface area (Å²) in [5.41, 5.74) is 18.4. The van der Waals surface area contributed by atoms with Crippen molar-refractivity contribution < 1.29 is 9.18 Å². The summed E-state index contributed by atoms with van der Waals surface area (Å²) in [6.07, 6.45) is 4.83. The summed E-state index contributed by atoms with van der Waals surface area (Å²) in [6, 6.07) is -0.414. The van der Waals surface area contributed by atoms with Crippen molar-refractivity contribution in [2.24, 2.45) is 5.73 Å². The third kappa shape index (κ3) is 6.15. The summed E-state index contributed by atoms with van der Waals surface area (Å²) in [5, 5.41) is 2.68. The maximum absolute atomic E-state index is 13.1. The number of nitrogens with two attached hydrogens (primary N) is 3. The molecule has 0 aliphatic carbocycles. The molecule has 0 radical (unpaired) electrons. The molecule has 0 spiro atoms. The van der Waals surface area contributed by atoms with Gasteiger partial charge in [-0.3, -0.25) is 4.79 Å². The van der Waals surface area contributed by atoms with E-state index in [2.05, 4.69) is 15.3 Å². The third-order valence-electron chi connectivity index (χ3n) is 3.55. The molecule has 0 aliphatic heterocycles. The van der Waals surface area contributed by atoms with Crippen molar-refractivity contribution in [2.75, 3.05) is 18.0 Å². The molecule has 25 heavy (non-hydrogen) atoms. The van der Waals surface area contributed by atoms with Crippen LogP contribution in [0.1, 0.15) is 62.4 Å². The molecule has 0 saturated heterocycles. The number of allylic oxidation sites excluding steroid dienone is 3. The van der Waals surface area contributed by atoms with Crippen molar-refractivity contribution in [2.45, 2.75) is 46.1 Å². The highest BCUT2D eigenvalue weighted by molar-refractivity contribution is 5.99. The molecule has 1 heterocycles. The predicted octanol–water partition coefficient (Wildman–Crippen LogP) is 2.38. The average Bonchev–Trinajstić information content (AvgIpc) is 2.59. The van der Waals surface area contributed by atoms with Crippen LogP contribution in [-0.2, 0) is 0 Å². The maximum Gasteiger partial charge on any atom is 0.272 e. The molecule has 1 aromatic heterocycles. The van der Waals surface area contributed by atoms with Crippen molar-refractivity contribution in [1.29, 1.82) is 0 Å². The fraction of sp³-hybridized carbons (Fsp3) is 0.471. The van der Waals surface area contributed by atoms with E-state index in [0.717, 1.165) is 12.0 Å². The minimum absolute atomic E-state index is 0.00265. The monoisotopic (exact) mass is 350 g/mol. The number of hydrogen-bond acceptors (Lipinski definition) is 6. The van der Waals surface area contributed by atoms with Crippen LogP contribution in [0.5, 0.6) is 0 Å². The van der Waals surface area contributed by atoms with E-state index in [1.807, 2.05) is 6.92 Å². The highest BCUT2D eigenvalue weighted by Gasteiger charge is 2.19. The van der Waals surface area contributed by atoms with Crippen molar-refractivity contribution in [3.63, 3.8) is 0 Å². The molecule has 0 aromatic carbocycles. The van der Waals surface area contributed by atoms with Gasteiger partial charge in [0.15, 0.2) is 11.5 Å².